The molecule has 0 radical (unpaired) electrons. The summed E-state index contributed by atoms with van der Waals surface area (Å²) in [5.74, 6) is -0.0909. The Morgan fingerprint density at radius 3 is 2.71 bits per heavy atom. The fourth-order valence-electron chi connectivity index (χ4n) is 2.47. The van der Waals surface area contributed by atoms with Gasteiger partial charge in [-0.2, -0.15) is 0 Å². The third-order valence-corrected chi connectivity index (χ3v) is 3.69. The summed E-state index contributed by atoms with van der Waals surface area (Å²) >= 11 is 0. The summed E-state index contributed by atoms with van der Waals surface area (Å²) in [5.41, 5.74) is 0.910. The summed E-state index contributed by atoms with van der Waals surface area (Å²) in [7, 11) is 0. The van der Waals surface area contributed by atoms with Crippen molar-refractivity contribution in [2.45, 2.75) is 31.4 Å². The molecule has 1 aliphatic rings. The zero-order valence-corrected chi connectivity index (χ0v) is 12.3. The number of hydrogen-bond acceptors (Lipinski definition) is 4. The zero-order chi connectivity index (χ0) is 14.9. The molecule has 1 atom stereocenters. The van der Waals surface area contributed by atoms with Gasteiger partial charge in [-0.25, -0.2) is 0 Å². The van der Waals surface area contributed by atoms with Gasteiger partial charge in [-0.3, -0.25) is 4.79 Å². The van der Waals surface area contributed by atoms with E-state index in [0.717, 1.165) is 31.5 Å². The van der Waals surface area contributed by atoms with Crippen molar-refractivity contribution in [3.05, 3.63) is 35.9 Å². The third kappa shape index (κ3) is 5.46. The molecule has 0 aliphatic carbocycles. The van der Waals surface area contributed by atoms with Crippen LogP contribution in [-0.2, 0) is 9.53 Å². The quantitative estimate of drug-likeness (QED) is 0.701. The first-order valence-electron chi connectivity index (χ1n) is 7.57. The van der Waals surface area contributed by atoms with Gasteiger partial charge < -0.3 is 20.5 Å². The minimum absolute atomic E-state index is 0.0909. The summed E-state index contributed by atoms with van der Waals surface area (Å²) in [6.07, 6.45) is 2.60. The van der Waals surface area contributed by atoms with Crippen molar-refractivity contribution in [3.8, 4) is 0 Å². The first-order valence-corrected chi connectivity index (χ1v) is 7.57. The summed E-state index contributed by atoms with van der Waals surface area (Å²) in [6.45, 7) is 2.29. The standard InChI is InChI=1S/C16H24N2O3/c19-12-15(13-4-2-1-3-5-13)18-16(20)8-11-21-14-6-9-17-10-7-14/h1-5,14-15,17,19H,6-12H2,(H,18,20)/t15-/m1/s1. The molecule has 116 valence electrons. The van der Waals surface area contributed by atoms with Crippen molar-refractivity contribution < 1.29 is 14.6 Å². The van der Waals surface area contributed by atoms with E-state index in [1.54, 1.807) is 0 Å². The molecular formula is C16H24N2O3. The van der Waals surface area contributed by atoms with E-state index in [9.17, 15) is 9.90 Å². The number of ether oxygens (including phenoxy) is 1. The SMILES string of the molecule is O=C(CCOC1CCNCC1)N[C@H](CO)c1ccccc1. The molecule has 1 aliphatic heterocycles. The molecule has 1 amide bonds. The molecule has 5 nitrogen and oxygen atoms in total. The molecule has 1 fully saturated rings. The normalized spacial score (nSPS) is 17.4. The third-order valence-electron chi connectivity index (χ3n) is 3.69. The topological polar surface area (TPSA) is 70.6 Å². The Hall–Kier alpha value is -1.43. The number of benzene rings is 1. The number of carbonyl (C=O) groups excluding carboxylic acids is 1. The van der Waals surface area contributed by atoms with Gasteiger partial charge in [-0.1, -0.05) is 30.3 Å². The first-order chi connectivity index (χ1) is 10.3. The van der Waals surface area contributed by atoms with E-state index in [0.29, 0.717) is 13.0 Å². The molecule has 0 aromatic heterocycles. The molecule has 0 unspecified atom stereocenters. The summed E-state index contributed by atoms with van der Waals surface area (Å²) in [4.78, 5) is 11.9. The Kier molecular flexibility index (Phi) is 6.66. The van der Waals surface area contributed by atoms with Crippen LogP contribution in [0.5, 0.6) is 0 Å². The number of amides is 1. The van der Waals surface area contributed by atoms with Crippen LogP contribution in [0.2, 0.25) is 0 Å². The highest BCUT2D eigenvalue weighted by Gasteiger charge is 2.15. The van der Waals surface area contributed by atoms with E-state index < -0.39 is 0 Å². The van der Waals surface area contributed by atoms with Crippen LogP contribution in [0, 0.1) is 0 Å². The second kappa shape index (κ2) is 8.77. The fourth-order valence-corrected chi connectivity index (χ4v) is 2.47. The van der Waals surface area contributed by atoms with Crippen LogP contribution in [0.15, 0.2) is 30.3 Å². The molecule has 0 saturated carbocycles. The van der Waals surface area contributed by atoms with Crippen molar-refractivity contribution in [1.29, 1.82) is 0 Å². The molecule has 21 heavy (non-hydrogen) atoms. The number of aliphatic hydroxyl groups excluding tert-OH is 1. The zero-order valence-electron chi connectivity index (χ0n) is 12.3. The maximum atomic E-state index is 11.9. The number of hydrogen-bond donors (Lipinski definition) is 3. The second-order valence-electron chi connectivity index (χ2n) is 5.28. The Morgan fingerprint density at radius 2 is 2.05 bits per heavy atom. The molecule has 0 bridgehead atoms. The van der Waals surface area contributed by atoms with Gasteiger partial charge in [0.25, 0.3) is 0 Å². The number of aliphatic hydroxyl groups is 1. The van der Waals surface area contributed by atoms with Gasteiger partial charge in [-0.05, 0) is 31.5 Å². The van der Waals surface area contributed by atoms with E-state index >= 15 is 0 Å². The maximum Gasteiger partial charge on any atom is 0.222 e. The molecule has 3 N–H and O–H groups in total. The van der Waals surface area contributed by atoms with Gasteiger partial charge in [0, 0.05) is 6.42 Å². The number of carbonyl (C=O) groups is 1. The van der Waals surface area contributed by atoms with Gasteiger partial charge in [0.2, 0.25) is 5.91 Å². The molecule has 1 saturated heterocycles. The highest BCUT2D eigenvalue weighted by atomic mass is 16.5. The van der Waals surface area contributed by atoms with Crippen LogP contribution in [0.4, 0.5) is 0 Å². The van der Waals surface area contributed by atoms with Crippen molar-refractivity contribution in [2.75, 3.05) is 26.3 Å². The Labute approximate surface area is 125 Å². The highest BCUT2D eigenvalue weighted by Crippen LogP contribution is 2.12. The lowest BCUT2D eigenvalue weighted by molar-refractivity contribution is -0.123. The van der Waals surface area contributed by atoms with Gasteiger partial charge in [0.1, 0.15) is 0 Å². The average Bonchev–Trinajstić information content (AvgIpc) is 2.54. The van der Waals surface area contributed by atoms with Crippen LogP contribution >= 0.6 is 0 Å². The van der Waals surface area contributed by atoms with Gasteiger partial charge in [0.15, 0.2) is 0 Å². The number of nitrogens with one attached hydrogen (secondary N) is 2. The predicted molar refractivity (Wildman–Crippen MR) is 80.9 cm³/mol. The minimum atomic E-state index is -0.349. The predicted octanol–water partition coefficient (Wildman–Crippen LogP) is 0.995. The van der Waals surface area contributed by atoms with Gasteiger partial charge >= 0.3 is 0 Å². The largest absolute Gasteiger partial charge is 0.394 e. The molecular weight excluding hydrogens is 268 g/mol. The number of rotatable bonds is 7. The van der Waals surface area contributed by atoms with E-state index in [1.165, 1.54) is 0 Å². The van der Waals surface area contributed by atoms with Crippen molar-refractivity contribution in [3.63, 3.8) is 0 Å². The second-order valence-corrected chi connectivity index (χ2v) is 5.28. The molecule has 0 spiro atoms. The summed E-state index contributed by atoms with van der Waals surface area (Å²) < 4.78 is 5.71. The van der Waals surface area contributed by atoms with Crippen LogP contribution in [0.1, 0.15) is 30.9 Å². The van der Waals surface area contributed by atoms with E-state index in [-0.39, 0.29) is 24.7 Å². The van der Waals surface area contributed by atoms with Crippen LogP contribution in [-0.4, -0.2) is 43.4 Å². The lowest BCUT2D eigenvalue weighted by Gasteiger charge is -2.23. The van der Waals surface area contributed by atoms with Crippen LogP contribution < -0.4 is 10.6 Å². The minimum Gasteiger partial charge on any atom is -0.394 e. The lowest BCUT2D eigenvalue weighted by atomic mass is 10.1. The van der Waals surface area contributed by atoms with E-state index in [2.05, 4.69) is 10.6 Å². The van der Waals surface area contributed by atoms with E-state index in [4.69, 9.17) is 4.74 Å². The fraction of sp³-hybridized carbons (Fsp3) is 0.562. The molecule has 1 aromatic rings. The van der Waals surface area contributed by atoms with Gasteiger partial charge in [0.05, 0.1) is 25.4 Å². The van der Waals surface area contributed by atoms with E-state index in [1.807, 2.05) is 30.3 Å². The van der Waals surface area contributed by atoms with Crippen LogP contribution in [0.25, 0.3) is 0 Å². The van der Waals surface area contributed by atoms with Crippen LogP contribution in [0.3, 0.4) is 0 Å². The molecule has 2 rings (SSSR count). The molecule has 1 aromatic carbocycles. The lowest BCUT2D eigenvalue weighted by Crippen LogP contribution is -2.34. The Balaban J connectivity index is 1.70. The summed E-state index contributed by atoms with van der Waals surface area (Å²) in [5, 5.41) is 15.5. The van der Waals surface area contributed by atoms with Crippen molar-refractivity contribution in [1.82, 2.24) is 10.6 Å². The maximum absolute atomic E-state index is 11.9. The smallest absolute Gasteiger partial charge is 0.222 e. The average molecular weight is 292 g/mol. The molecule has 1 heterocycles. The van der Waals surface area contributed by atoms with Crippen molar-refractivity contribution >= 4 is 5.91 Å². The monoisotopic (exact) mass is 292 g/mol. The number of piperidine rings is 1. The Morgan fingerprint density at radius 1 is 1.33 bits per heavy atom. The van der Waals surface area contributed by atoms with Gasteiger partial charge in [-0.15, -0.1) is 0 Å². The first kappa shape index (κ1) is 15.9. The summed E-state index contributed by atoms with van der Waals surface area (Å²) in [6, 6.07) is 9.14. The highest BCUT2D eigenvalue weighted by molar-refractivity contribution is 5.76. The Bertz CT molecular complexity index is 419. The van der Waals surface area contributed by atoms with Crippen molar-refractivity contribution in [2.24, 2.45) is 0 Å². The molecule has 5 heteroatoms.